The molecule has 1 fully saturated rings. The minimum absolute atomic E-state index is 0. The van der Waals surface area contributed by atoms with Crippen LogP contribution >= 0.6 is 12.4 Å². The molecule has 1 aliphatic rings. The Morgan fingerprint density at radius 2 is 2.09 bits per heavy atom. The molecule has 0 bridgehead atoms. The number of rotatable bonds is 3. The summed E-state index contributed by atoms with van der Waals surface area (Å²) in [5.41, 5.74) is 4.89. The Labute approximate surface area is 135 Å². The number of aromatic nitrogens is 2. The second kappa shape index (κ2) is 7.60. The van der Waals surface area contributed by atoms with Gasteiger partial charge in [-0.2, -0.15) is 0 Å². The number of carbonyl (C=O) groups excluding carboxylic acids is 1. The predicted octanol–water partition coefficient (Wildman–Crippen LogP) is -0.445. The minimum atomic E-state index is -0.481. The number of nitrogens with zero attached hydrogens (tertiary/aromatic N) is 3. The molecule has 1 aromatic heterocycles. The molecular formula is C14H23ClN4O3. The average molecular weight is 331 g/mol. The molecule has 1 aliphatic heterocycles. The Hall–Kier alpha value is -1.60. The van der Waals surface area contributed by atoms with Crippen molar-refractivity contribution in [2.75, 3.05) is 13.1 Å². The summed E-state index contributed by atoms with van der Waals surface area (Å²) in [5.74, 6) is 0.431. The molecule has 2 unspecified atom stereocenters. The first kappa shape index (κ1) is 18.4. The Morgan fingerprint density at radius 3 is 2.73 bits per heavy atom. The highest BCUT2D eigenvalue weighted by molar-refractivity contribution is 5.85. The van der Waals surface area contributed by atoms with Gasteiger partial charge in [0.2, 0.25) is 5.91 Å². The summed E-state index contributed by atoms with van der Waals surface area (Å²) in [6.07, 6.45) is 3.21. The molecule has 8 heteroatoms. The molecule has 0 aliphatic carbocycles. The van der Waals surface area contributed by atoms with Crippen LogP contribution in [0.2, 0.25) is 0 Å². The van der Waals surface area contributed by atoms with Crippen molar-refractivity contribution in [3.8, 4) is 0 Å². The molecule has 2 heterocycles. The summed E-state index contributed by atoms with van der Waals surface area (Å²) >= 11 is 0. The summed E-state index contributed by atoms with van der Waals surface area (Å²) < 4.78 is 2.25. The summed E-state index contributed by atoms with van der Waals surface area (Å²) in [7, 11) is 1.40. The molecule has 0 saturated carbocycles. The van der Waals surface area contributed by atoms with E-state index < -0.39 is 5.69 Å². The predicted molar refractivity (Wildman–Crippen MR) is 86.1 cm³/mol. The first-order chi connectivity index (χ1) is 9.93. The highest BCUT2D eigenvalue weighted by atomic mass is 35.5. The lowest BCUT2D eigenvalue weighted by atomic mass is 9.92. The summed E-state index contributed by atoms with van der Waals surface area (Å²) in [4.78, 5) is 37.5. The summed E-state index contributed by atoms with van der Waals surface area (Å²) in [5, 5.41) is 0. The summed E-state index contributed by atoms with van der Waals surface area (Å²) in [6, 6.07) is 1.32. The van der Waals surface area contributed by atoms with E-state index >= 15 is 0 Å². The van der Waals surface area contributed by atoms with Gasteiger partial charge in [-0.25, -0.2) is 4.79 Å². The van der Waals surface area contributed by atoms with Gasteiger partial charge < -0.3 is 10.6 Å². The highest BCUT2D eigenvalue weighted by Gasteiger charge is 2.29. The lowest BCUT2D eigenvalue weighted by Crippen LogP contribution is -2.51. The molecule has 2 atom stereocenters. The van der Waals surface area contributed by atoms with Crippen LogP contribution in [0, 0.1) is 5.92 Å². The second-order valence-electron chi connectivity index (χ2n) is 5.73. The standard InChI is InChI=1S/C14H22N4O3.ClH/c1-10-3-6-18(11(7-10)8-15)13(20)9-17-5-4-12(19)16(2)14(17)21;/h4-5,10-11H,3,6-9,15H2,1-2H3;1H. The summed E-state index contributed by atoms with van der Waals surface area (Å²) in [6.45, 7) is 3.19. The van der Waals surface area contributed by atoms with E-state index in [1.165, 1.54) is 23.9 Å². The monoisotopic (exact) mass is 330 g/mol. The third-order valence-electron chi connectivity index (χ3n) is 4.14. The number of hydrogen-bond donors (Lipinski definition) is 1. The van der Waals surface area contributed by atoms with Gasteiger partial charge in [0.05, 0.1) is 0 Å². The van der Waals surface area contributed by atoms with E-state index in [9.17, 15) is 14.4 Å². The van der Waals surface area contributed by atoms with Gasteiger partial charge in [0.1, 0.15) is 6.54 Å². The van der Waals surface area contributed by atoms with Gasteiger partial charge in [0.15, 0.2) is 0 Å². The Balaban J connectivity index is 0.00000242. The fourth-order valence-corrected chi connectivity index (χ4v) is 2.78. The number of amides is 1. The van der Waals surface area contributed by atoms with Crippen molar-refractivity contribution in [1.29, 1.82) is 0 Å². The Bertz CT molecular complexity index is 640. The average Bonchev–Trinajstić information content (AvgIpc) is 2.47. The fourth-order valence-electron chi connectivity index (χ4n) is 2.78. The van der Waals surface area contributed by atoms with Crippen LogP contribution in [0.25, 0.3) is 0 Å². The van der Waals surface area contributed by atoms with Crippen molar-refractivity contribution in [1.82, 2.24) is 14.0 Å². The third-order valence-corrected chi connectivity index (χ3v) is 4.14. The van der Waals surface area contributed by atoms with Crippen molar-refractivity contribution in [3.63, 3.8) is 0 Å². The van der Waals surface area contributed by atoms with Crippen molar-refractivity contribution < 1.29 is 4.79 Å². The largest absolute Gasteiger partial charge is 0.337 e. The topological polar surface area (TPSA) is 90.3 Å². The van der Waals surface area contributed by atoms with Crippen molar-refractivity contribution in [2.45, 2.75) is 32.4 Å². The van der Waals surface area contributed by atoms with E-state index in [1.54, 1.807) is 4.90 Å². The molecule has 1 saturated heterocycles. The zero-order chi connectivity index (χ0) is 15.6. The van der Waals surface area contributed by atoms with Gasteiger partial charge in [-0.3, -0.25) is 18.7 Å². The first-order valence-electron chi connectivity index (χ1n) is 7.20. The number of likely N-dealkylation sites (tertiary alicyclic amines) is 1. The molecule has 22 heavy (non-hydrogen) atoms. The van der Waals surface area contributed by atoms with Crippen LogP contribution in [-0.4, -0.2) is 39.1 Å². The lowest BCUT2D eigenvalue weighted by molar-refractivity contribution is -0.136. The molecule has 2 rings (SSSR count). The first-order valence-corrected chi connectivity index (χ1v) is 7.20. The molecule has 1 amide bonds. The number of piperidine rings is 1. The zero-order valence-electron chi connectivity index (χ0n) is 12.9. The SMILES string of the molecule is CC1CCN(C(=O)Cn2ccc(=O)n(C)c2=O)C(CN)C1.Cl. The van der Waals surface area contributed by atoms with Crippen LogP contribution in [0.15, 0.2) is 21.9 Å². The van der Waals surface area contributed by atoms with E-state index in [2.05, 4.69) is 6.92 Å². The maximum atomic E-state index is 12.4. The van der Waals surface area contributed by atoms with Gasteiger partial charge in [-0.05, 0) is 18.8 Å². The van der Waals surface area contributed by atoms with Crippen molar-refractivity contribution in [3.05, 3.63) is 33.1 Å². The third kappa shape index (κ3) is 3.78. The maximum Gasteiger partial charge on any atom is 0.331 e. The van der Waals surface area contributed by atoms with Crippen LogP contribution in [-0.2, 0) is 18.4 Å². The van der Waals surface area contributed by atoms with Crippen LogP contribution in [0.3, 0.4) is 0 Å². The van der Waals surface area contributed by atoms with E-state index in [0.717, 1.165) is 17.4 Å². The molecule has 2 N–H and O–H groups in total. The zero-order valence-corrected chi connectivity index (χ0v) is 13.7. The smallest absolute Gasteiger partial charge is 0.331 e. The normalized spacial score (nSPS) is 21.3. The molecule has 1 aromatic rings. The van der Waals surface area contributed by atoms with Gasteiger partial charge in [0.25, 0.3) is 5.56 Å². The number of hydrogen-bond acceptors (Lipinski definition) is 4. The van der Waals surface area contributed by atoms with Crippen LogP contribution < -0.4 is 17.0 Å². The highest BCUT2D eigenvalue weighted by Crippen LogP contribution is 2.22. The van der Waals surface area contributed by atoms with E-state index in [0.29, 0.717) is 19.0 Å². The number of carbonyl (C=O) groups is 1. The molecule has 124 valence electrons. The van der Waals surface area contributed by atoms with Crippen molar-refractivity contribution in [2.24, 2.45) is 18.7 Å². The van der Waals surface area contributed by atoms with Gasteiger partial charge in [-0.1, -0.05) is 6.92 Å². The van der Waals surface area contributed by atoms with Gasteiger partial charge in [0, 0.05) is 38.4 Å². The number of nitrogens with two attached hydrogens (primary N) is 1. The molecule has 7 nitrogen and oxygen atoms in total. The van der Waals surface area contributed by atoms with E-state index in [1.807, 2.05) is 0 Å². The van der Waals surface area contributed by atoms with Crippen molar-refractivity contribution >= 4 is 18.3 Å². The van der Waals surface area contributed by atoms with E-state index in [-0.39, 0.29) is 36.5 Å². The van der Waals surface area contributed by atoms with Crippen LogP contribution in [0.1, 0.15) is 19.8 Å². The maximum absolute atomic E-state index is 12.4. The Morgan fingerprint density at radius 1 is 1.41 bits per heavy atom. The van der Waals surface area contributed by atoms with E-state index in [4.69, 9.17) is 5.73 Å². The van der Waals surface area contributed by atoms with Crippen LogP contribution in [0.4, 0.5) is 0 Å². The Kier molecular flexibility index (Phi) is 6.37. The van der Waals surface area contributed by atoms with Gasteiger partial charge in [-0.15, -0.1) is 12.4 Å². The second-order valence-corrected chi connectivity index (χ2v) is 5.73. The minimum Gasteiger partial charge on any atom is -0.337 e. The number of halogens is 1. The quantitative estimate of drug-likeness (QED) is 0.813. The molecule has 0 spiro atoms. The van der Waals surface area contributed by atoms with Gasteiger partial charge >= 0.3 is 5.69 Å². The molecule has 0 radical (unpaired) electrons. The van der Waals surface area contributed by atoms with Crippen LogP contribution in [0.5, 0.6) is 0 Å². The molecule has 0 aromatic carbocycles. The molecular weight excluding hydrogens is 308 g/mol. The fraction of sp³-hybridized carbons (Fsp3) is 0.643. The lowest BCUT2D eigenvalue weighted by Gasteiger charge is -2.38.